The fourth-order valence-electron chi connectivity index (χ4n) is 4.06. The molecular formula is C18H25NO. The van der Waals surface area contributed by atoms with E-state index in [1.807, 2.05) is 0 Å². The molecule has 2 heteroatoms. The van der Waals surface area contributed by atoms with Crippen LogP contribution in [0.3, 0.4) is 0 Å². The van der Waals surface area contributed by atoms with Crippen LogP contribution in [0.1, 0.15) is 48.8 Å². The number of piperidine rings is 1. The largest absolute Gasteiger partial charge is 0.311 e. The van der Waals surface area contributed by atoms with Gasteiger partial charge in [-0.3, -0.25) is 4.79 Å². The highest BCUT2D eigenvalue weighted by atomic mass is 16.1. The Morgan fingerprint density at radius 2 is 1.75 bits per heavy atom. The van der Waals surface area contributed by atoms with Crippen molar-refractivity contribution in [2.24, 2.45) is 5.92 Å². The fraction of sp³-hybridized carbons (Fsp3) is 0.611. The van der Waals surface area contributed by atoms with Crippen molar-refractivity contribution in [2.75, 3.05) is 0 Å². The van der Waals surface area contributed by atoms with Gasteiger partial charge in [-0.25, -0.2) is 0 Å². The van der Waals surface area contributed by atoms with Crippen LogP contribution in [0.4, 0.5) is 0 Å². The van der Waals surface area contributed by atoms with Gasteiger partial charge in [-0.05, 0) is 62.1 Å². The molecule has 1 aromatic rings. The quantitative estimate of drug-likeness (QED) is 0.910. The van der Waals surface area contributed by atoms with Crippen LogP contribution in [-0.2, 0) is 11.2 Å². The van der Waals surface area contributed by atoms with Gasteiger partial charge in [-0.15, -0.1) is 0 Å². The van der Waals surface area contributed by atoms with Crippen LogP contribution >= 0.6 is 0 Å². The van der Waals surface area contributed by atoms with E-state index in [9.17, 15) is 4.79 Å². The summed E-state index contributed by atoms with van der Waals surface area (Å²) >= 11 is 0. The van der Waals surface area contributed by atoms with E-state index in [2.05, 4.69) is 37.4 Å². The van der Waals surface area contributed by atoms with Crippen LogP contribution in [0.15, 0.2) is 18.2 Å². The first-order valence-electron chi connectivity index (χ1n) is 7.94. The summed E-state index contributed by atoms with van der Waals surface area (Å²) in [6.07, 6.45) is 6.43. The van der Waals surface area contributed by atoms with Gasteiger partial charge in [0.15, 0.2) is 0 Å². The number of Topliss-reactive ketones (excluding diaryl/α,β-unsaturated/α-hetero) is 1. The number of hydrogen-bond acceptors (Lipinski definition) is 2. The first-order valence-corrected chi connectivity index (χ1v) is 7.94. The average molecular weight is 271 g/mol. The van der Waals surface area contributed by atoms with Gasteiger partial charge in [0, 0.05) is 24.9 Å². The van der Waals surface area contributed by atoms with Crippen LogP contribution in [0, 0.1) is 19.8 Å². The zero-order valence-electron chi connectivity index (χ0n) is 12.6. The van der Waals surface area contributed by atoms with Gasteiger partial charge in [0.1, 0.15) is 5.78 Å². The number of hydrogen-bond donors (Lipinski definition) is 1. The van der Waals surface area contributed by atoms with E-state index in [0.717, 1.165) is 6.42 Å². The van der Waals surface area contributed by atoms with Crippen molar-refractivity contribution in [3.63, 3.8) is 0 Å². The lowest BCUT2D eigenvalue weighted by atomic mass is 9.86. The Labute approximate surface area is 122 Å². The number of carbonyl (C=O) groups excluding carboxylic acids is 1. The Hall–Kier alpha value is -1.15. The molecule has 108 valence electrons. The van der Waals surface area contributed by atoms with Crippen molar-refractivity contribution in [3.05, 3.63) is 34.9 Å². The summed E-state index contributed by atoms with van der Waals surface area (Å²) in [6, 6.07) is 7.67. The van der Waals surface area contributed by atoms with Crippen LogP contribution in [0.25, 0.3) is 0 Å². The summed E-state index contributed by atoms with van der Waals surface area (Å²) in [7, 11) is 0. The van der Waals surface area contributed by atoms with Crippen LogP contribution in [0.5, 0.6) is 0 Å². The number of aryl methyl sites for hydroxylation is 2. The predicted molar refractivity (Wildman–Crippen MR) is 81.9 cm³/mol. The fourth-order valence-corrected chi connectivity index (χ4v) is 4.06. The maximum atomic E-state index is 12.4. The van der Waals surface area contributed by atoms with E-state index in [0.29, 0.717) is 30.2 Å². The molecule has 0 aliphatic carbocycles. The summed E-state index contributed by atoms with van der Waals surface area (Å²) in [5, 5.41) is 3.65. The van der Waals surface area contributed by atoms with E-state index in [1.165, 1.54) is 42.4 Å². The first-order chi connectivity index (χ1) is 9.61. The van der Waals surface area contributed by atoms with Gasteiger partial charge < -0.3 is 5.32 Å². The lowest BCUT2D eigenvalue weighted by molar-refractivity contribution is -0.119. The predicted octanol–water partition coefficient (Wildman–Crippen LogP) is 3.34. The number of fused-ring (bicyclic) bond motifs is 2. The zero-order chi connectivity index (χ0) is 14.1. The Morgan fingerprint density at radius 1 is 1.15 bits per heavy atom. The molecule has 2 unspecified atom stereocenters. The van der Waals surface area contributed by atoms with E-state index >= 15 is 0 Å². The maximum Gasteiger partial charge on any atom is 0.137 e. The molecule has 2 atom stereocenters. The lowest BCUT2D eigenvalue weighted by Gasteiger charge is -2.28. The van der Waals surface area contributed by atoms with Gasteiger partial charge in [0.05, 0.1) is 0 Å². The van der Waals surface area contributed by atoms with Gasteiger partial charge in [-0.2, -0.15) is 0 Å². The Morgan fingerprint density at radius 3 is 2.35 bits per heavy atom. The molecule has 2 fully saturated rings. The third-order valence-corrected chi connectivity index (χ3v) is 5.11. The number of rotatable bonds is 4. The van der Waals surface area contributed by atoms with E-state index < -0.39 is 0 Å². The highest BCUT2D eigenvalue weighted by Gasteiger charge is 2.34. The average Bonchev–Trinajstić information content (AvgIpc) is 2.73. The molecule has 0 saturated carbocycles. The molecule has 0 amide bonds. The van der Waals surface area contributed by atoms with Crippen molar-refractivity contribution >= 4 is 5.78 Å². The summed E-state index contributed by atoms with van der Waals surface area (Å²) in [5.41, 5.74) is 3.75. The monoisotopic (exact) mass is 271 g/mol. The molecule has 2 aliphatic heterocycles. The smallest absolute Gasteiger partial charge is 0.137 e. The summed E-state index contributed by atoms with van der Waals surface area (Å²) in [5.74, 6) is 1.04. The van der Waals surface area contributed by atoms with E-state index in [4.69, 9.17) is 0 Å². The molecule has 1 aromatic carbocycles. The van der Waals surface area contributed by atoms with Gasteiger partial charge in [-0.1, -0.05) is 18.2 Å². The summed E-state index contributed by atoms with van der Waals surface area (Å²) in [4.78, 5) is 12.4. The van der Waals surface area contributed by atoms with Crippen molar-refractivity contribution in [2.45, 2.75) is 64.5 Å². The summed E-state index contributed by atoms with van der Waals surface area (Å²) < 4.78 is 0. The maximum absolute atomic E-state index is 12.4. The SMILES string of the molecule is Cc1cccc(C)c1CC(=O)CC1CC2CCC(C1)N2. The highest BCUT2D eigenvalue weighted by molar-refractivity contribution is 5.81. The molecule has 20 heavy (non-hydrogen) atoms. The van der Waals surface area contributed by atoms with E-state index in [-0.39, 0.29) is 0 Å². The minimum Gasteiger partial charge on any atom is -0.311 e. The van der Waals surface area contributed by atoms with Crippen LogP contribution in [0.2, 0.25) is 0 Å². The van der Waals surface area contributed by atoms with E-state index in [1.54, 1.807) is 0 Å². The molecular weight excluding hydrogens is 246 g/mol. The van der Waals surface area contributed by atoms with Gasteiger partial charge in [0.2, 0.25) is 0 Å². The minimum absolute atomic E-state index is 0.425. The first kappa shape index (κ1) is 13.8. The standard InChI is InChI=1S/C18H25NO/c1-12-4-3-5-13(2)18(12)11-17(20)10-14-8-15-6-7-16(9-14)19-15/h3-5,14-16,19H,6-11H2,1-2H3. The molecule has 2 heterocycles. The molecule has 3 rings (SSSR count). The molecule has 2 aliphatic rings. The lowest BCUT2D eigenvalue weighted by Crippen LogP contribution is -2.38. The number of ketones is 1. The second kappa shape index (κ2) is 5.69. The van der Waals surface area contributed by atoms with Crippen molar-refractivity contribution in [3.8, 4) is 0 Å². The minimum atomic E-state index is 0.425. The summed E-state index contributed by atoms with van der Waals surface area (Å²) in [6.45, 7) is 4.22. The van der Waals surface area contributed by atoms with Crippen LogP contribution < -0.4 is 5.32 Å². The Balaban J connectivity index is 1.60. The third kappa shape index (κ3) is 2.95. The molecule has 2 nitrogen and oxygen atoms in total. The Kier molecular flexibility index (Phi) is 3.93. The topological polar surface area (TPSA) is 29.1 Å². The molecule has 2 saturated heterocycles. The molecule has 1 N–H and O–H groups in total. The molecule has 0 radical (unpaired) electrons. The van der Waals surface area contributed by atoms with Gasteiger partial charge in [0.25, 0.3) is 0 Å². The third-order valence-electron chi connectivity index (χ3n) is 5.11. The van der Waals surface area contributed by atoms with Crippen molar-refractivity contribution in [1.29, 1.82) is 0 Å². The molecule has 0 spiro atoms. The number of nitrogens with one attached hydrogen (secondary N) is 1. The molecule has 0 aromatic heterocycles. The zero-order valence-corrected chi connectivity index (χ0v) is 12.6. The van der Waals surface area contributed by atoms with Crippen molar-refractivity contribution < 1.29 is 4.79 Å². The number of benzene rings is 1. The second-order valence-electron chi connectivity index (χ2n) is 6.77. The number of carbonyl (C=O) groups is 1. The van der Waals surface area contributed by atoms with Crippen LogP contribution in [-0.4, -0.2) is 17.9 Å². The normalized spacial score (nSPS) is 28.6. The van der Waals surface area contributed by atoms with Gasteiger partial charge >= 0.3 is 0 Å². The highest BCUT2D eigenvalue weighted by Crippen LogP contribution is 2.33. The molecule has 2 bridgehead atoms. The van der Waals surface area contributed by atoms with Crippen molar-refractivity contribution in [1.82, 2.24) is 5.32 Å². The Bertz CT molecular complexity index is 476. The second-order valence-corrected chi connectivity index (χ2v) is 6.77.